The van der Waals surface area contributed by atoms with Gasteiger partial charge < -0.3 is 11.1 Å². The monoisotopic (exact) mass is 310 g/mol. The van der Waals surface area contributed by atoms with Gasteiger partial charge in [-0.3, -0.25) is 0 Å². The van der Waals surface area contributed by atoms with Gasteiger partial charge in [-0.1, -0.05) is 15.9 Å². The van der Waals surface area contributed by atoms with E-state index in [1.54, 1.807) is 0 Å². The molecule has 0 heterocycles. The van der Waals surface area contributed by atoms with Gasteiger partial charge in [-0.2, -0.15) is 13.2 Å². The van der Waals surface area contributed by atoms with E-state index < -0.39 is 11.7 Å². The molecule has 1 rings (SSSR count). The second kappa shape index (κ2) is 5.73. The third-order valence-corrected chi connectivity index (χ3v) is 2.70. The van der Waals surface area contributed by atoms with Crippen LogP contribution in [0.25, 0.3) is 0 Å². The molecule has 1 atom stereocenters. The Morgan fingerprint density at radius 1 is 1.41 bits per heavy atom. The molecule has 0 aliphatic rings. The average Bonchev–Trinajstić information content (AvgIpc) is 2.15. The summed E-state index contributed by atoms with van der Waals surface area (Å²) in [4.78, 5) is 0. The van der Waals surface area contributed by atoms with Crippen molar-refractivity contribution < 1.29 is 13.2 Å². The van der Waals surface area contributed by atoms with Crippen LogP contribution in [0.4, 0.5) is 18.9 Å². The molecular weight excluding hydrogens is 297 g/mol. The van der Waals surface area contributed by atoms with Crippen LogP contribution in [0, 0.1) is 0 Å². The molecule has 0 bridgehead atoms. The van der Waals surface area contributed by atoms with Crippen LogP contribution in [0.3, 0.4) is 0 Å². The molecule has 0 saturated carbocycles. The highest BCUT2D eigenvalue weighted by Gasteiger charge is 2.33. The van der Waals surface area contributed by atoms with Gasteiger partial charge in [0, 0.05) is 22.7 Å². The van der Waals surface area contributed by atoms with Crippen molar-refractivity contribution in [3.05, 3.63) is 28.2 Å². The molecule has 1 aromatic rings. The molecule has 0 aliphatic heterocycles. The second-order valence-electron chi connectivity index (χ2n) is 3.88. The van der Waals surface area contributed by atoms with E-state index in [0.717, 1.165) is 6.07 Å². The van der Waals surface area contributed by atoms with E-state index in [9.17, 15) is 13.2 Å². The highest BCUT2D eigenvalue weighted by atomic mass is 79.9. The van der Waals surface area contributed by atoms with Gasteiger partial charge in [0.15, 0.2) is 0 Å². The molecule has 0 aliphatic carbocycles. The predicted octanol–water partition coefficient (Wildman–Crippen LogP) is 3.62. The van der Waals surface area contributed by atoms with Gasteiger partial charge in [0.2, 0.25) is 0 Å². The van der Waals surface area contributed by atoms with Crippen LogP contribution in [-0.2, 0) is 6.18 Å². The van der Waals surface area contributed by atoms with Crippen molar-refractivity contribution in [3.8, 4) is 0 Å². The summed E-state index contributed by atoms with van der Waals surface area (Å²) in [7, 11) is 0. The maximum absolute atomic E-state index is 12.7. The van der Waals surface area contributed by atoms with E-state index in [1.807, 2.05) is 6.92 Å². The molecule has 0 amide bonds. The zero-order chi connectivity index (χ0) is 13.1. The van der Waals surface area contributed by atoms with Crippen LogP contribution in [0.2, 0.25) is 0 Å². The molecule has 2 nitrogen and oxygen atoms in total. The van der Waals surface area contributed by atoms with Gasteiger partial charge in [-0.25, -0.2) is 0 Å². The molecule has 3 N–H and O–H groups in total. The Labute approximate surface area is 107 Å². The number of anilines is 1. The van der Waals surface area contributed by atoms with Gasteiger partial charge in [0.1, 0.15) is 0 Å². The Balaban J connectivity index is 2.84. The lowest BCUT2D eigenvalue weighted by Crippen LogP contribution is -2.20. The number of alkyl halides is 3. The Bertz CT molecular complexity index is 377. The maximum Gasteiger partial charge on any atom is 0.418 e. The lowest BCUT2D eigenvalue weighted by atomic mass is 10.1. The molecule has 0 saturated heterocycles. The zero-order valence-electron chi connectivity index (χ0n) is 9.31. The van der Waals surface area contributed by atoms with Crippen LogP contribution in [0.15, 0.2) is 22.7 Å². The minimum absolute atomic E-state index is 0.0380. The van der Waals surface area contributed by atoms with Crippen molar-refractivity contribution in [2.75, 3.05) is 11.9 Å². The average molecular weight is 311 g/mol. The SMILES string of the molecule is CC(N)CCNc1cc(Br)ccc1C(F)(F)F. The van der Waals surface area contributed by atoms with Crippen molar-refractivity contribution in [3.63, 3.8) is 0 Å². The standard InChI is InChI=1S/C11H14BrF3N2/c1-7(16)4-5-17-10-6-8(12)2-3-9(10)11(13,14)15/h2-3,6-7,17H,4-5,16H2,1H3. The summed E-state index contributed by atoms with van der Waals surface area (Å²) in [6, 6.07) is 3.81. The molecular formula is C11H14BrF3N2. The lowest BCUT2D eigenvalue weighted by Gasteiger charge is -2.15. The summed E-state index contributed by atoms with van der Waals surface area (Å²) >= 11 is 3.15. The van der Waals surface area contributed by atoms with Gasteiger partial charge >= 0.3 is 6.18 Å². The lowest BCUT2D eigenvalue weighted by molar-refractivity contribution is -0.136. The second-order valence-corrected chi connectivity index (χ2v) is 4.80. The van der Waals surface area contributed by atoms with E-state index in [-0.39, 0.29) is 11.7 Å². The summed E-state index contributed by atoms with van der Waals surface area (Å²) in [6.07, 6.45) is -3.73. The molecule has 1 aromatic carbocycles. The highest BCUT2D eigenvalue weighted by molar-refractivity contribution is 9.10. The number of halogens is 4. The summed E-state index contributed by atoms with van der Waals surface area (Å²) < 4.78 is 38.7. The molecule has 0 aromatic heterocycles. The van der Waals surface area contributed by atoms with E-state index in [2.05, 4.69) is 21.2 Å². The Kier molecular flexibility index (Phi) is 4.82. The summed E-state index contributed by atoms with van der Waals surface area (Å²) in [5, 5.41) is 2.76. The Morgan fingerprint density at radius 2 is 2.06 bits per heavy atom. The van der Waals surface area contributed by atoms with Crippen LogP contribution >= 0.6 is 15.9 Å². The third-order valence-electron chi connectivity index (χ3n) is 2.20. The molecule has 6 heteroatoms. The minimum atomic E-state index is -4.35. The van der Waals surface area contributed by atoms with Crippen molar-refractivity contribution in [1.29, 1.82) is 0 Å². The number of hydrogen-bond acceptors (Lipinski definition) is 2. The van der Waals surface area contributed by atoms with Crippen molar-refractivity contribution in [2.24, 2.45) is 5.73 Å². The van der Waals surface area contributed by atoms with Crippen molar-refractivity contribution in [2.45, 2.75) is 25.6 Å². The summed E-state index contributed by atoms with van der Waals surface area (Å²) in [6.45, 7) is 2.23. The van der Waals surface area contributed by atoms with Gasteiger partial charge in [-0.05, 0) is 31.5 Å². The first-order chi connectivity index (χ1) is 7.80. The fourth-order valence-electron chi connectivity index (χ4n) is 1.34. The number of nitrogens with two attached hydrogens (primary N) is 1. The largest absolute Gasteiger partial charge is 0.418 e. The summed E-state index contributed by atoms with van der Waals surface area (Å²) in [5.41, 5.74) is 4.95. The quantitative estimate of drug-likeness (QED) is 0.891. The Morgan fingerprint density at radius 3 is 2.59 bits per heavy atom. The first-order valence-corrected chi connectivity index (χ1v) is 5.96. The van der Waals surface area contributed by atoms with Gasteiger partial charge in [-0.15, -0.1) is 0 Å². The van der Waals surface area contributed by atoms with Gasteiger partial charge in [0.25, 0.3) is 0 Å². The van der Waals surface area contributed by atoms with Crippen LogP contribution < -0.4 is 11.1 Å². The fourth-order valence-corrected chi connectivity index (χ4v) is 1.71. The number of benzene rings is 1. The highest BCUT2D eigenvalue weighted by Crippen LogP contribution is 2.36. The van der Waals surface area contributed by atoms with E-state index in [0.29, 0.717) is 17.4 Å². The van der Waals surface area contributed by atoms with E-state index in [1.165, 1.54) is 12.1 Å². The fraction of sp³-hybridized carbons (Fsp3) is 0.455. The first-order valence-electron chi connectivity index (χ1n) is 5.17. The summed E-state index contributed by atoms with van der Waals surface area (Å²) in [5.74, 6) is 0. The molecule has 1 unspecified atom stereocenters. The number of rotatable bonds is 4. The zero-order valence-corrected chi connectivity index (χ0v) is 10.9. The molecule has 0 spiro atoms. The first kappa shape index (κ1) is 14.3. The van der Waals surface area contributed by atoms with Crippen LogP contribution in [-0.4, -0.2) is 12.6 Å². The molecule has 0 fully saturated rings. The van der Waals surface area contributed by atoms with Crippen molar-refractivity contribution >= 4 is 21.6 Å². The van der Waals surface area contributed by atoms with E-state index in [4.69, 9.17) is 5.73 Å². The van der Waals surface area contributed by atoms with Crippen LogP contribution in [0.1, 0.15) is 18.9 Å². The van der Waals surface area contributed by atoms with E-state index >= 15 is 0 Å². The molecule has 0 radical (unpaired) electrons. The molecule has 96 valence electrons. The minimum Gasteiger partial charge on any atom is -0.384 e. The maximum atomic E-state index is 12.7. The Hall–Kier alpha value is -0.750. The van der Waals surface area contributed by atoms with Crippen molar-refractivity contribution in [1.82, 2.24) is 0 Å². The number of nitrogens with one attached hydrogen (secondary N) is 1. The normalized spacial score (nSPS) is 13.5. The van der Waals surface area contributed by atoms with Gasteiger partial charge in [0.05, 0.1) is 5.56 Å². The predicted molar refractivity (Wildman–Crippen MR) is 65.9 cm³/mol. The topological polar surface area (TPSA) is 38.0 Å². The number of hydrogen-bond donors (Lipinski definition) is 2. The molecule has 17 heavy (non-hydrogen) atoms. The third kappa shape index (κ3) is 4.55. The van der Waals surface area contributed by atoms with Crippen LogP contribution in [0.5, 0.6) is 0 Å². The smallest absolute Gasteiger partial charge is 0.384 e.